The van der Waals surface area contributed by atoms with Crippen LogP contribution in [0.1, 0.15) is 44.1 Å². The van der Waals surface area contributed by atoms with Crippen LogP contribution >= 0.6 is 0 Å². The molecule has 0 aromatic heterocycles. The summed E-state index contributed by atoms with van der Waals surface area (Å²) in [5, 5.41) is 10.1. The van der Waals surface area contributed by atoms with E-state index in [2.05, 4.69) is 29.2 Å². The molecular formula is C20H28N2O3. The average molecular weight is 344 g/mol. The number of fused-ring (bicyclic) bond motifs is 1. The number of rotatable bonds is 4. The molecule has 0 unspecified atom stereocenters. The Morgan fingerprint density at radius 3 is 2.72 bits per heavy atom. The number of aliphatic hydroxyl groups excluding tert-OH is 1. The van der Waals surface area contributed by atoms with Gasteiger partial charge in [0.05, 0.1) is 11.7 Å². The van der Waals surface area contributed by atoms with E-state index in [1.54, 1.807) is 0 Å². The topological polar surface area (TPSA) is 53.0 Å². The van der Waals surface area contributed by atoms with Crippen LogP contribution in [0.25, 0.3) is 0 Å². The van der Waals surface area contributed by atoms with Crippen LogP contribution in [0, 0.1) is 0 Å². The van der Waals surface area contributed by atoms with Gasteiger partial charge in [0.1, 0.15) is 0 Å². The minimum absolute atomic E-state index is 0.0822. The third kappa shape index (κ3) is 3.09. The van der Waals surface area contributed by atoms with Gasteiger partial charge in [-0.1, -0.05) is 12.1 Å². The molecule has 2 saturated heterocycles. The molecular weight excluding hydrogens is 316 g/mol. The van der Waals surface area contributed by atoms with Crippen molar-refractivity contribution in [2.24, 2.45) is 0 Å². The molecule has 2 aliphatic heterocycles. The highest BCUT2D eigenvalue weighted by Gasteiger charge is 2.50. The Morgan fingerprint density at radius 1 is 1.24 bits per heavy atom. The highest BCUT2D eigenvalue weighted by molar-refractivity contribution is 5.95. The molecule has 1 aromatic rings. The van der Waals surface area contributed by atoms with E-state index >= 15 is 0 Å². The predicted octanol–water partition coefficient (Wildman–Crippen LogP) is 2.32. The number of hydrogen-bond acceptors (Lipinski definition) is 4. The second-order valence-electron chi connectivity index (χ2n) is 7.75. The first-order valence-corrected chi connectivity index (χ1v) is 9.48. The first-order chi connectivity index (χ1) is 12.1. The molecule has 0 bridgehead atoms. The van der Waals surface area contributed by atoms with Crippen molar-refractivity contribution in [3.63, 3.8) is 0 Å². The molecule has 1 N–H and O–H groups in total. The molecule has 25 heavy (non-hydrogen) atoms. The lowest BCUT2D eigenvalue weighted by molar-refractivity contribution is -0.117. The molecule has 136 valence electrons. The Balaban J connectivity index is 1.46. The summed E-state index contributed by atoms with van der Waals surface area (Å²) in [5.41, 5.74) is 2.18. The zero-order valence-electron chi connectivity index (χ0n) is 15.0. The number of hydrogen-bond donors (Lipinski definition) is 1. The molecule has 0 spiro atoms. The maximum Gasteiger partial charge on any atom is 0.227 e. The molecule has 3 aliphatic rings. The van der Waals surface area contributed by atoms with Crippen LogP contribution in [0.3, 0.4) is 0 Å². The van der Waals surface area contributed by atoms with Crippen molar-refractivity contribution >= 4 is 11.6 Å². The summed E-state index contributed by atoms with van der Waals surface area (Å²) in [6.45, 7) is 2.72. The quantitative estimate of drug-likeness (QED) is 0.911. The van der Waals surface area contributed by atoms with Crippen molar-refractivity contribution in [1.82, 2.24) is 4.90 Å². The van der Waals surface area contributed by atoms with Gasteiger partial charge in [-0.3, -0.25) is 9.69 Å². The molecule has 1 saturated carbocycles. The van der Waals surface area contributed by atoms with Crippen LogP contribution in [-0.2, 0) is 16.1 Å². The Labute approximate surface area is 149 Å². The Bertz CT molecular complexity index is 632. The number of ether oxygens (including phenoxy) is 1. The van der Waals surface area contributed by atoms with Crippen LogP contribution in [0.5, 0.6) is 0 Å². The molecule has 5 heteroatoms. The number of carbonyl (C=O) groups excluding carboxylic acids is 1. The number of nitrogens with zero attached hydrogens (tertiary/aromatic N) is 2. The van der Waals surface area contributed by atoms with E-state index in [0.29, 0.717) is 12.5 Å². The lowest BCUT2D eigenvalue weighted by atomic mass is 9.79. The van der Waals surface area contributed by atoms with Crippen molar-refractivity contribution < 1.29 is 14.6 Å². The van der Waals surface area contributed by atoms with Gasteiger partial charge in [-0.15, -0.1) is 0 Å². The summed E-state index contributed by atoms with van der Waals surface area (Å²) in [6.07, 6.45) is 5.04. The summed E-state index contributed by atoms with van der Waals surface area (Å²) in [7, 11) is 1.82. The van der Waals surface area contributed by atoms with Gasteiger partial charge in [0.25, 0.3) is 0 Å². The van der Waals surface area contributed by atoms with E-state index in [-0.39, 0.29) is 17.6 Å². The molecule has 3 fully saturated rings. The predicted molar refractivity (Wildman–Crippen MR) is 96.4 cm³/mol. The van der Waals surface area contributed by atoms with E-state index in [1.165, 1.54) is 5.56 Å². The fraction of sp³-hybridized carbons (Fsp3) is 0.650. The minimum atomic E-state index is -0.211. The number of likely N-dealkylation sites (tertiary alicyclic amines) is 1. The third-order valence-corrected chi connectivity index (χ3v) is 6.38. The molecule has 5 nitrogen and oxygen atoms in total. The molecule has 4 rings (SSSR count). The van der Waals surface area contributed by atoms with Gasteiger partial charge < -0.3 is 14.7 Å². The molecule has 3 atom stereocenters. The second kappa shape index (κ2) is 6.71. The van der Waals surface area contributed by atoms with E-state index in [1.807, 2.05) is 12.0 Å². The van der Waals surface area contributed by atoms with E-state index in [4.69, 9.17) is 4.74 Å². The number of benzene rings is 1. The number of amides is 1. The fourth-order valence-corrected chi connectivity index (χ4v) is 4.90. The van der Waals surface area contributed by atoms with Crippen LogP contribution in [-0.4, -0.2) is 53.9 Å². The zero-order valence-corrected chi connectivity index (χ0v) is 15.0. The van der Waals surface area contributed by atoms with E-state index in [9.17, 15) is 9.90 Å². The Kier molecular flexibility index (Phi) is 4.56. The summed E-state index contributed by atoms with van der Waals surface area (Å²) >= 11 is 0. The number of aliphatic hydroxyl groups is 1. The van der Waals surface area contributed by atoms with Gasteiger partial charge in [0.15, 0.2) is 0 Å². The third-order valence-electron chi connectivity index (χ3n) is 6.38. The minimum Gasteiger partial charge on any atom is -0.393 e. The van der Waals surface area contributed by atoms with E-state index in [0.717, 1.165) is 57.4 Å². The maximum atomic E-state index is 11.9. The van der Waals surface area contributed by atoms with Crippen molar-refractivity contribution in [2.45, 2.75) is 62.8 Å². The van der Waals surface area contributed by atoms with Crippen molar-refractivity contribution in [2.75, 3.05) is 25.1 Å². The monoisotopic (exact) mass is 344 g/mol. The van der Waals surface area contributed by atoms with Crippen LogP contribution in [0.15, 0.2) is 24.3 Å². The molecule has 1 aromatic carbocycles. The largest absolute Gasteiger partial charge is 0.393 e. The Morgan fingerprint density at radius 2 is 2.04 bits per heavy atom. The zero-order chi connectivity index (χ0) is 17.4. The number of methoxy groups -OCH3 is 1. The van der Waals surface area contributed by atoms with Crippen molar-refractivity contribution in [3.8, 4) is 0 Å². The average Bonchev–Trinajstić information content (AvgIpc) is 3.20. The molecule has 0 radical (unpaired) electrons. The lowest BCUT2D eigenvalue weighted by Crippen LogP contribution is -2.51. The smallest absolute Gasteiger partial charge is 0.227 e. The summed E-state index contributed by atoms with van der Waals surface area (Å²) < 4.78 is 5.92. The van der Waals surface area contributed by atoms with Crippen molar-refractivity contribution in [3.05, 3.63) is 29.8 Å². The standard InChI is InChI=1S/C20H28N2O3/c1-25-20-9-8-17(23)13-18(20)21(12-10-20)14-15-4-6-16(7-5-15)22-11-2-3-19(22)24/h4-7,17-18,23H,2-3,8-14H2,1H3/t17-,18+,20-/m1/s1. The molecule has 1 aliphatic carbocycles. The van der Waals surface area contributed by atoms with Crippen LogP contribution in [0.4, 0.5) is 5.69 Å². The van der Waals surface area contributed by atoms with E-state index < -0.39 is 0 Å². The second-order valence-corrected chi connectivity index (χ2v) is 7.75. The normalized spacial score (nSPS) is 33.0. The maximum absolute atomic E-state index is 11.9. The lowest BCUT2D eigenvalue weighted by Gasteiger charge is -2.42. The summed E-state index contributed by atoms with van der Waals surface area (Å²) in [6, 6.07) is 8.68. The van der Waals surface area contributed by atoms with Gasteiger partial charge in [0.2, 0.25) is 5.91 Å². The first kappa shape index (κ1) is 17.0. The summed E-state index contributed by atoms with van der Waals surface area (Å²) in [5.74, 6) is 0.230. The van der Waals surface area contributed by atoms with Crippen LogP contribution in [0.2, 0.25) is 0 Å². The highest BCUT2D eigenvalue weighted by Crippen LogP contribution is 2.43. The van der Waals surface area contributed by atoms with Crippen molar-refractivity contribution in [1.29, 1.82) is 0 Å². The van der Waals surface area contributed by atoms with Gasteiger partial charge in [-0.2, -0.15) is 0 Å². The Hall–Kier alpha value is -1.43. The fourth-order valence-electron chi connectivity index (χ4n) is 4.90. The first-order valence-electron chi connectivity index (χ1n) is 9.48. The van der Waals surface area contributed by atoms with Gasteiger partial charge in [-0.25, -0.2) is 0 Å². The van der Waals surface area contributed by atoms with Crippen LogP contribution < -0.4 is 4.90 Å². The number of anilines is 1. The molecule has 2 heterocycles. The SMILES string of the molecule is CO[C@@]12CC[C@@H](O)C[C@@H]1N(Cc1ccc(N3CCCC3=O)cc1)CC2. The van der Waals surface area contributed by atoms with Gasteiger partial charge in [0, 0.05) is 44.9 Å². The molecule has 1 amide bonds. The van der Waals surface area contributed by atoms with Gasteiger partial charge >= 0.3 is 0 Å². The number of carbonyl (C=O) groups is 1. The highest BCUT2D eigenvalue weighted by atomic mass is 16.5. The summed E-state index contributed by atoms with van der Waals surface area (Å²) in [4.78, 5) is 16.2. The van der Waals surface area contributed by atoms with Gasteiger partial charge in [-0.05, 0) is 49.8 Å².